The van der Waals surface area contributed by atoms with Crippen molar-refractivity contribution in [1.82, 2.24) is 5.32 Å². The number of amides is 2. The molecule has 8 heteroatoms. The molecule has 7 nitrogen and oxygen atoms in total. The molecule has 3 rings (SSSR count). The molecule has 1 aliphatic carbocycles. The molecule has 3 N–H and O–H groups in total. The highest BCUT2D eigenvalue weighted by molar-refractivity contribution is 9.10. The van der Waals surface area contributed by atoms with E-state index in [1.807, 2.05) is 0 Å². The minimum atomic E-state index is -1.15. The van der Waals surface area contributed by atoms with Gasteiger partial charge in [-0.25, -0.2) is 4.79 Å². The van der Waals surface area contributed by atoms with Crippen molar-refractivity contribution >= 4 is 39.4 Å². The van der Waals surface area contributed by atoms with E-state index in [1.165, 1.54) is 6.07 Å². The average molecular weight is 355 g/mol. The summed E-state index contributed by atoms with van der Waals surface area (Å²) >= 11 is 3.25. The van der Waals surface area contributed by atoms with E-state index in [2.05, 4.69) is 26.6 Å². The smallest absolute Gasteiger partial charge is 0.329 e. The number of nitrogens with one attached hydrogen (secondary N) is 2. The Kier molecular flexibility index (Phi) is 3.12. The number of fused-ring (bicyclic) bond motifs is 1. The summed E-state index contributed by atoms with van der Waals surface area (Å²) in [7, 11) is 0. The highest BCUT2D eigenvalue weighted by Gasteiger charge is 2.51. The largest absolute Gasteiger partial charge is 0.482 e. The SMILES string of the molecule is O=C1COc2cc(C(=O)NC3(C(=O)O)CC3)c(Br)cc2N1. The molecule has 0 spiro atoms. The van der Waals surface area contributed by atoms with Gasteiger partial charge >= 0.3 is 5.97 Å². The van der Waals surface area contributed by atoms with Crippen LogP contribution in [-0.4, -0.2) is 35.0 Å². The van der Waals surface area contributed by atoms with Gasteiger partial charge in [0.15, 0.2) is 6.61 Å². The van der Waals surface area contributed by atoms with Crippen molar-refractivity contribution in [3.05, 3.63) is 22.2 Å². The summed E-state index contributed by atoms with van der Waals surface area (Å²) in [6.45, 7) is -0.116. The number of hydrogen-bond donors (Lipinski definition) is 3. The van der Waals surface area contributed by atoms with Gasteiger partial charge < -0.3 is 20.5 Å². The van der Waals surface area contributed by atoms with E-state index in [1.54, 1.807) is 6.07 Å². The minimum absolute atomic E-state index is 0.116. The molecule has 2 aliphatic rings. The number of carboxylic acids is 1. The van der Waals surface area contributed by atoms with Gasteiger partial charge in [-0.3, -0.25) is 9.59 Å². The molecule has 0 radical (unpaired) electrons. The zero-order chi connectivity index (χ0) is 15.2. The first-order chi connectivity index (χ1) is 9.91. The second-order valence-electron chi connectivity index (χ2n) is 5.01. The number of ether oxygens (including phenoxy) is 1. The molecule has 1 aromatic rings. The van der Waals surface area contributed by atoms with Gasteiger partial charge in [-0.2, -0.15) is 0 Å². The molecule has 1 saturated carbocycles. The van der Waals surface area contributed by atoms with Crippen LogP contribution in [0.25, 0.3) is 0 Å². The summed E-state index contributed by atoms with van der Waals surface area (Å²) in [5, 5.41) is 14.2. The third kappa shape index (κ3) is 2.46. The Balaban J connectivity index is 1.87. The number of anilines is 1. The maximum Gasteiger partial charge on any atom is 0.329 e. The van der Waals surface area contributed by atoms with E-state index < -0.39 is 17.4 Å². The van der Waals surface area contributed by atoms with Gasteiger partial charge in [-0.05, 0) is 40.9 Å². The quantitative estimate of drug-likeness (QED) is 0.754. The topological polar surface area (TPSA) is 105 Å². The van der Waals surface area contributed by atoms with E-state index in [9.17, 15) is 14.4 Å². The summed E-state index contributed by atoms with van der Waals surface area (Å²) in [6.07, 6.45) is 0.840. The molecule has 21 heavy (non-hydrogen) atoms. The lowest BCUT2D eigenvalue weighted by molar-refractivity contribution is -0.140. The molecular formula is C13H11BrN2O5. The van der Waals surface area contributed by atoms with Gasteiger partial charge in [0.05, 0.1) is 11.3 Å². The Morgan fingerprint density at radius 3 is 2.71 bits per heavy atom. The van der Waals surface area contributed by atoms with Crippen LogP contribution in [-0.2, 0) is 9.59 Å². The zero-order valence-corrected chi connectivity index (χ0v) is 12.3. The Labute approximate surface area is 127 Å². The van der Waals surface area contributed by atoms with Gasteiger partial charge in [-0.1, -0.05) is 0 Å². The fraction of sp³-hybridized carbons (Fsp3) is 0.308. The molecule has 1 aromatic carbocycles. The lowest BCUT2D eigenvalue weighted by Gasteiger charge is -2.20. The standard InChI is InChI=1S/C13H11BrN2O5/c14-7-4-8-9(21-5-10(17)15-8)3-6(7)11(18)16-13(1-2-13)12(19)20/h3-4H,1-2,5H2,(H,15,17)(H,16,18)(H,19,20). The molecule has 1 aliphatic heterocycles. The number of halogens is 1. The first kappa shape index (κ1) is 13.9. The van der Waals surface area contributed by atoms with E-state index in [-0.39, 0.29) is 18.1 Å². The maximum atomic E-state index is 12.2. The van der Waals surface area contributed by atoms with Crippen molar-refractivity contribution < 1.29 is 24.2 Å². The molecular weight excluding hydrogens is 344 g/mol. The van der Waals surface area contributed by atoms with E-state index in [0.717, 1.165) is 0 Å². The summed E-state index contributed by atoms with van der Waals surface area (Å²) in [5.74, 6) is -1.42. The summed E-state index contributed by atoms with van der Waals surface area (Å²) < 4.78 is 5.70. The van der Waals surface area contributed by atoms with Gasteiger partial charge in [0, 0.05) is 4.47 Å². The van der Waals surface area contributed by atoms with Gasteiger partial charge in [-0.15, -0.1) is 0 Å². The lowest BCUT2D eigenvalue weighted by Crippen LogP contribution is -2.43. The lowest BCUT2D eigenvalue weighted by atomic mass is 10.1. The van der Waals surface area contributed by atoms with E-state index >= 15 is 0 Å². The van der Waals surface area contributed by atoms with Gasteiger partial charge in [0.2, 0.25) is 0 Å². The summed E-state index contributed by atoms with van der Waals surface area (Å²) in [5.41, 5.74) is -0.423. The molecule has 0 bridgehead atoms. The Morgan fingerprint density at radius 1 is 1.38 bits per heavy atom. The molecule has 1 fully saturated rings. The molecule has 0 saturated heterocycles. The van der Waals surface area contributed by atoms with Gasteiger partial charge in [0.25, 0.3) is 11.8 Å². The predicted octanol–water partition coefficient (Wildman–Crippen LogP) is 1.13. The average Bonchev–Trinajstić information content (AvgIpc) is 3.18. The van der Waals surface area contributed by atoms with Crippen LogP contribution >= 0.6 is 15.9 Å². The number of benzene rings is 1. The van der Waals surface area contributed by atoms with Crippen LogP contribution < -0.4 is 15.4 Å². The number of hydrogen-bond acceptors (Lipinski definition) is 4. The van der Waals surface area contributed by atoms with Crippen LogP contribution in [0.5, 0.6) is 5.75 Å². The number of carbonyl (C=O) groups is 3. The number of carboxylic acid groups (broad SMARTS) is 1. The van der Waals surface area contributed by atoms with Crippen LogP contribution in [0.15, 0.2) is 16.6 Å². The van der Waals surface area contributed by atoms with Crippen molar-refractivity contribution in [2.45, 2.75) is 18.4 Å². The highest BCUT2D eigenvalue weighted by Crippen LogP contribution is 2.37. The fourth-order valence-electron chi connectivity index (χ4n) is 2.08. The number of carbonyl (C=O) groups excluding carboxylic acids is 2. The van der Waals surface area contributed by atoms with Crippen molar-refractivity contribution in [1.29, 1.82) is 0 Å². The van der Waals surface area contributed by atoms with Crippen LogP contribution in [0.3, 0.4) is 0 Å². The second-order valence-corrected chi connectivity index (χ2v) is 5.86. The van der Waals surface area contributed by atoms with Crippen LogP contribution in [0.4, 0.5) is 5.69 Å². The first-order valence-corrected chi connectivity index (χ1v) is 7.03. The summed E-state index contributed by atoms with van der Waals surface area (Å²) in [4.78, 5) is 34.6. The molecule has 0 atom stereocenters. The van der Waals surface area contributed by atoms with Crippen molar-refractivity contribution in [2.75, 3.05) is 11.9 Å². The normalized spacial score (nSPS) is 18.0. The fourth-order valence-corrected chi connectivity index (χ4v) is 2.60. The van der Waals surface area contributed by atoms with E-state index in [4.69, 9.17) is 9.84 Å². The van der Waals surface area contributed by atoms with Crippen molar-refractivity contribution in [3.8, 4) is 5.75 Å². The zero-order valence-electron chi connectivity index (χ0n) is 10.7. The Morgan fingerprint density at radius 2 is 2.10 bits per heavy atom. The molecule has 110 valence electrons. The van der Waals surface area contributed by atoms with Crippen LogP contribution in [0, 0.1) is 0 Å². The number of rotatable bonds is 3. The summed E-state index contributed by atoms with van der Waals surface area (Å²) in [6, 6.07) is 3.04. The van der Waals surface area contributed by atoms with Crippen molar-refractivity contribution in [2.24, 2.45) is 0 Å². The second kappa shape index (κ2) is 4.73. The van der Waals surface area contributed by atoms with E-state index in [0.29, 0.717) is 28.8 Å². The minimum Gasteiger partial charge on any atom is -0.482 e. The van der Waals surface area contributed by atoms with Crippen LogP contribution in [0.1, 0.15) is 23.2 Å². The van der Waals surface area contributed by atoms with Crippen LogP contribution in [0.2, 0.25) is 0 Å². The molecule has 0 aromatic heterocycles. The highest BCUT2D eigenvalue weighted by atomic mass is 79.9. The van der Waals surface area contributed by atoms with Crippen molar-refractivity contribution in [3.63, 3.8) is 0 Å². The third-order valence-electron chi connectivity index (χ3n) is 3.46. The predicted molar refractivity (Wildman–Crippen MR) is 75.3 cm³/mol. The van der Waals surface area contributed by atoms with Gasteiger partial charge in [0.1, 0.15) is 11.3 Å². The molecule has 0 unspecified atom stereocenters. The number of aliphatic carboxylic acids is 1. The Hall–Kier alpha value is -2.09. The molecule has 1 heterocycles. The third-order valence-corrected chi connectivity index (χ3v) is 4.12. The Bertz CT molecular complexity index is 669. The molecule has 2 amide bonds. The first-order valence-electron chi connectivity index (χ1n) is 6.23. The monoisotopic (exact) mass is 354 g/mol. The maximum absolute atomic E-state index is 12.2.